The molecule has 0 aliphatic carbocycles. The molecule has 1 aromatic rings. The van der Waals surface area contributed by atoms with Crippen LogP contribution in [0.2, 0.25) is 0 Å². The number of benzene rings is 1. The van der Waals surface area contributed by atoms with Gasteiger partial charge in [0.25, 0.3) is 0 Å². The summed E-state index contributed by atoms with van der Waals surface area (Å²) in [4.78, 5) is 2.43. The zero-order valence-corrected chi connectivity index (χ0v) is 11.2. The SMILES string of the molecule is Cc1cccc2c1N(C)C(C)C(CN)S2(=O)=O. The smallest absolute Gasteiger partial charge is 0.186 e. The van der Waals surface area contributed by atoms with Crippen molar-refractivity contribution in [2.45, 2.75) is 30.0 Å². The van der Waals surface area contributed by atoms with Crippen LogP contribution in [0.25, 0.3) is 0 Å². The molecule has 1 heterocycles. The molecule has 0 amide bonds. The van der Waals surface area contributed by atoms with Crippen molar-refractivity contribution in [3.05, 3.63) is 23.8 Å². The van der Waals surface area contributed by atoms with E-state index in [-0.39, 0.29) is 12.6 Å². The highest BCUT2D eigenvalue weighted by Crippen LogP contribution is 2.37. The van der Waals surface area contributed by atoms with Gasteiger partial charge in [0.2, 0.25) is 0 Å². The van der Waals surface area contributed by atoms with Gasteiger partial charge in [-0.15, -0.1) is 0 Å². The van der Waals surface area contributed by atoms with E-state index in [0.29, 0.717) is 4.90 Å². The largest absolute Gasteiger partial charge is 0.369 e. The van der Waals surface area contributed by atoms with Gasteiger partial charge in [0, 0.05) is 19.6 Å². The Morgan fingerprint density at radius 2 is 2.06 bits per heavy atom. The maximum atomic E-state index is 12.4. The Labute approximate surface area is 102 Å². The number of fused-ring (bicyclic) bond motifs is 1. The second-order valence-electron chi connectivity index (χ2n) is 4.59. The van der Waals surface area contributed by atoms with Gasteiger partial charge >= 0.3 is 0 Å². The molecule has 1 aromatic carbocycles. The van der Waals surface area contributed by atoms with Crippen LogP contribution in [0.4, 0.5) is 5.69 Å². The summed E-state index contributed by atoms with van der Waals surface area (Å²) in [6.07, 6.45) is 0. The third-order valence-electron chi connectivity index (χ3n) is 3.64. The van der Waals surface area contributed by atoms with Crippen molar-refractivity contribution in [1.82, 2.24) is 0 Å². The van der Waals surface area contributed by atoms with E-state index in [2.05, 4.69) is 0 Å². The molecule has 0 bridgehead atoms. The van der Waals surface area contributed by atoms with Gasteiger partial charge in [-0.1, -0.05) is 12.1 Å². The normalized spacial score (nSPS) is 26.7. The van der Waals surface area contributed by atoms with Crippen LogP contribution in [0.1, 0.15) is 12.5 Å². The maximum Gasteiger partial charge on any atom is 0.186 e. The molecular formula is C12H18N2O2S. The maximum absolute atomic E-state index is 12.4. The predicted octanol–water partition coefficient (Wildman–Crippen LogP) is 0.934. The molecule has 17 heavy (non-hydrogen) atoms. The van der Waals surface area contributed by atoms with Crippen LogP contribution in [0.15, 0.2) is 23.1 Å². The first kappa shape index (κ1) is 12.4. The summed E-state index contributed by atoms with van der Waals surface area (Å²) in [6.45, 7) is 3.99. The molecule has 0 radical (unpaired) electrons. The van der Waals surface area contributed by atoms with Crippen molar-refractivity contribution in [1.29, 1.82) is 0 Å². The zero-order chi connectivity index (χ0) is 12.8. The molecular weight excluding hydrogens is 236 g/mol. The molecule has 5 heteroatoms. The fourth-order valence-corrected chi connectivity index (χ4v) is 4.64. The lowest BCUT2D eigenvalue weighted by Crippen LogP contribution is -2.51. The summed E-state index contributed by atoms with van der Waals surface area (Å²) in [5.41, 5.74) is 7.41. The van der Waals surface area contributed by atoms with Gasteiger partial charge in [-0.25, -0.2) is 8.42 Å². The fraction of sp³-hybridized carbons (Fsp3) is 0.500. The molecule has 0 aromatic heterocycles. The summed E-state index contributed by atoms with van der Waals surface area (Å²) in [5, 5.41) is -0.526. The van der Waals surface area contributed by atoms with Crippen molar-refractivity contribution in [3.8, 4) is 0 Å². The molecule has 2 atom stereocenters. The molecule has 2 N–H and O–H groups in total. The highest BCUT2D eigenvalue weighted by molar-refractivity contribution is 7.92. The second-order valence-corrected chi connectivity index (χ2v) is 6.73. The van der Waals surface area contributed by atoms with Crippen molar-refractivity contribution < 1.29 is 8.42 Å². The molecule has 0 spiro atoms. The van der Waals surface area contributed by atoms with E-state index in [9.17, 15) is 8.42 Å². The zero-order valence-electron chi connectivity index (χ0n) is 10.3. The first-order valence-corrected chi connectivity index (χ1v) is 7.22. The van der Waals surface area contributed by atoms with Gasteiger partial charge in [0.05, 0.1) is 15.8 Å². The van der Waals surface area contributed by atoms with Gasteiger partial charge in [-0.3, -0.25) is 0 Å². The van der Waals surface area contributed by atoms with Crippen LogP contribution in [0.3, 0.4) is 0 Å². The predicted molar refractivity (Wildman–Crippen MR) is 69.1 cm³/mol. The van der Waals surface area contributed by atoms with Crippen molar-refractivity contribution in [3.63, 3.8) is 0 Å². The second kappa shape index (κ2) is 3.99. The number of para-hydroxylation sites is 1. The number of aryl methyl sites for hydroxylation is 1. The average molecular weight is 254 g/mol. The van der Waals surface area contributed by atoms with E-state index in [1.807, 2.05) is 31.9 Å². The number of nitrogens with two attached hydrogens (primary N) is 1. The van der Waals surface area contributed by atoms with Gasteiger partial charge < -0.3 is 10.6 Å². The molecule has 1 aliphatic heterocycles. The van der Waals surface area contributed by atoms with E-state index in [1.54, 1.807) is 12.1 Å². The average Bonchev–Trinajstić information content (AvgIpc) is 2.26. The van der Waals surface area contributed by atoms with Crippen LogP contribution in [-0.2, 0) is 9.84 Å². The van der Waals surface area contributed by atoms with E-state index in [1.165, 1.54) is 0 Å². The van der Waals surface area contributed by atoms with Gasteiger partial charge in [-0.2, -0.15) is 0 Å². The molecule has 94 valence electrons. The quantitative estimate of drug-likeness (QED) is 0.810. The van der Waals surface area contributed by atoms with E-state index in [0.717, 1.165) is 11.3 Å². The van der Waals surface area contributed by atoms with Crippen LogP contribution in [0, 0.1) is 6.92 Å². The molecule has 0 saturated carbocycles. The summed E-state index contributed by atoms with van der Waals surface area (Å²) in [5.74, 6) is 0. The van der Waals surface area contributed by atoms with Crippen molar-refractivity contribution in [2.75, 3.05) is 18.5 Å². The third-order valence-corrected chi connectivity index (χ3v) is 5.97. The van der Waals surface area contributed by atoms with Crippen molar-refractivity contribution in [2.24, 2.45) is 5.73 Å². The Kier molecular flexibility index (Phi) is 2.91. The Hall–Kier alpha value is -1.07. The van der Waals surface area contributed by atoms with E-state index in [4.69, 9.17) is 5.73 Å². The lowest BCUT2D eigenvalue weighted by Gasteiger charge is -2.39. The Morgan fingerprint density at radius 3 is 2.65 bits per heavy atom. The molecule has 0 fully saturated rings. The summed E-state index contributed by atoms with van der Waals surface area (Å²) < 4.78 is 24.9. The Bertz CT molecular complexity index is 539. The van der Waals surface area contributed by atoms with Crippen LogP contribution in [-0.4, -0.2) is 33.3 Å². The first-order valence-electron chi connectivity index (χ1n) is 5.67. The van der Waals surface area contributed by atoms with Gasteiger partial charge in [0.15, 0.2) is 9.84 Å². The highest BCUT2D eigenvalue weighted by Gasteiger charge is 2.40. The first-order chi connectivity index (χ1) is 7.91. The number of rotatable bonds is 1. The monoisotopic (exact) mass is 254 g/mol. The number of nitrogens with zero attached hydrogens (tertiary/aromatic N) is 1. The molecule has 1 aliphatic rings. The molecule has 4 nitrogen and oxygen atoms in total. The number of hydrogen-bond donors (Lipinski definition) is 1. The summed E-state index contributed by atoms with van der Waals surface area (Å²) in [7, 11) is -1.38. The Balaban J connectivity index is 2.75. The van der Waals surface area contributed by atoms with E-state index < -0.39 is 15.1 Å². The lowest BCUT2D eigenvalue weighted by atomic mass is 10.1. The topological polar surface area (TPSA) is 63.4 Å². The molecule has 2 rings (SSSR count). The fourth-order valence-electron chi connectivity index (χ4n) is 2.51. The minimum absolute atomic E-state index is 0.0985. The third kappa shape index (κ3) is 1.65. The van der Waals surface area contributed by atoms with Crippen molar-refractivity contribution >= 4 is 15.5 Å². The van der Waals surface area contributed by atoms with E-state index >= 15 is 0 Å². The van der Waals surface area contributed by atoms with Crippen LogP contribution in [0.5, 0.6) is 0 Å². The standard InChI is InChI=1S/C12H18N2O2S/c1-8-5-4-6-10-12(8)14(3)9(2)11(7-13)17(10,15)16/h4-6,9,11H,7,13H2,1-3H3. The van der Waals surface area contributed by atoms with Gasteiger partial charge in [-0.05, 0) is 25.5 Å². The molecule has 2 unspecified atom stereocenters. The minimum atomic E-state index is -3.30. The van der Waals surface area contributed by atoms with Gasteiger partial charge in [0.1, 0.15) is 0 Å². The Morgan fingerprint density at radius 1 is 1.41 bits per heavy atom. The number of hydrogen-bond acceptors (Lipinski definition) is 4. The number of anilines is 1. The minimum Gasteiger partial charge on any atom is -0.369 e. The van der Waals surface area contributed by atoms with Crippen LogP contribution < -0.4 is 10.6 Å². The number of sulfone groups is 1. The summed E-state index contributed by atoms with van der Waals surface area (Å²) in [6, 6.07) is 5.28. The molecule has 0 saturated heterocycles. The lowest BCUT2D eigenvalue weighted by molar-refractivity contribution is 0.538. The van der Waals surface area contributed by atoms with Crippen LogP contribution >= 0.6 is 0 Å². The highest BCUT2D eigenvalue weighted by atomic mass is 32.2. The summed E-state index contributed by atoms with van der Waals surface area (Å²) >= 11 is 0.